The summed E-state index contributed by atoms with van der Waals surface area (Å²) in [6.45, 7) is 0. The van der Waals surface area contributed by atoms with E-state index in [0.717, 1.165) is 24.0 Å². The Balaban J connectivity index is 2.21. The molecular weight excluding hydrogens is 198 g/mol. The number of benzene rings is 1. The van der Waals surface area contributed by atoms with Crippen LogP contribution in [0.5, 0.6) is 0 Å². The van der Waals surface area contributed by atoms with Crippen LogP contribution in [-0.4, -0.2) is 23.9 Å². The van der Waals surface area contributed by atoms with E-state index in [1.54, 1.807) is 0 Å². The summed E-state index contributed by atoms with van der Waals surface area (Å²) in [5, 5.41) is 0. The fourth-order valence-electron chi connectivity index (χ4n) is 2.80. The minimum atomic E-state index is 0.166. The van der Waals surface area contributed by atoms with E-state index >= 15 is 0 Å². The van der Waals surface area contributed by atoms with Gasteiger partial charge in [-0.3, -0.25) is 4.79 Å². The maximum atomic E-state index is 12.2. The molecule has 1 heterocycles. The zero-order valence-electron chi connectivity index (χ0n) is 9.44. The smallest absolute Gasteiger partial charge is 0.254 e. The summed E-state index contributed by atoms with van der Waals surface area (Å²) in [5.74, 6) is 0.166. The van der Waals surface area contributed by atoms with Crippen LogP contribution in [0, 0.1) is 0 Å². The van der Waals surface area contributed by atoms with Crippen LogP contribution in [0.25, 0.3) is 5.57 Å². The molecule has 1 aromatic rings. The lowest BCUT2D eigenvalue weighted by Crippen LogP contribution is -2.42. The van der Waals surface area contributed by atoms with Gasteiger partial charge >= 0.3 is 0 Å². The zero-order chi connectivity index (χ0) is 11.1. The molecule has 1 amide bonds. The van der Waals surface area contributed by atoms with Crippen LogP contribution < -0.4 is 0 Å². The van der Waals surface area contributed by atoms with Crippen LogP contribution in [0.4, 0.5) is 0 Å². The molecule has 0 N–H and O–H groups in total. The molecule has 1 aromatic carbocycles. The Morgan fingerprint density at radius 3 is 2.81 bits per heavy atom. The van der Waals surface area contributed by atoms with Crippen LogP contribution in [0.2, 0.25) is 0 Å². The Kier molecular flexibility index (Phi) is 2.10. The maximum absolute atomic E-state index is 12.2. The van der Waals surface area contributed by atoms with Crippen LogP contribution >= 0.6 is 0 Å². The predicted molar refractivity (Wildman–Crippen MR) is 64.2 cm³/mol. The summed E-state index contributed by atoms with van der Waals surface area (Å²) in [7, 11) is 1.92. The van der Waals surface area contributed by atoms with Crippen molar-refractivity contribution < 1.29 is 4.79 Å². The van der Waals surface area contributed by atoms with Gasteiger partial charge in [0.25, 0.3) is 5.91 Å². The molecule has 2 heteroatoms. The van der Waals surface area contributed by atoms with Crippen LogP contribution in [-0.2, 0) is 0 Å². The Hall–Kier alpha value is -1.57. The van der Waals surface area contributed by atoms with Gasteiger partial charge in [-0.05, 0) is 36.5 Å². The molecule has 1 aliphatic carbocycles. The van der Waals surface area contributed by atoms with Crippen molar-refractivity contribution in [2.45, 2.75) is 25.3 Å². The molecule has 0 radical (unpaired) electrons. The topological polar surface area (TPSA) is 20.3 Å². The molecule has 82 valence electrons. The lowest BCUT2D eigenvalue weighted by Gasteiger charge is -2.38. The van der Waals surface area contributed by atoms with Crippen LogP contribution in [0.1, 0.15) is 35.2 Å². The van der Waals surface area contributed by atoms with Crippen molar-refractivity contribution >= 4 is 11.5 Å². The highest BCUT2D eigenvalue weighted by Gasteiger charge is 2.33. The highest BCUT2D eigenvalue weighted by atomic mass is 16.2. The number of rotatable bonds is 0. The fraction of sp³-hybridized carbons (Fsp3) is 0.357. The maximum Gasteiger partial charge on any atom is 0.254 e. The Bertz CT molecular complexity index is 475. The standard InChI is InChI=1S/C14H15NO/c1-15-13-9-5-4-7-11(13)10-6-2-3-8-12(10)14(15)16/h2-3,6-8,13H,4-5,9H2,1H3/t13-/m1/s1. The first-order valence-corrected chi connectivity index (χ1v) is 5.85. The molecule has 0 unspecified atom stereocenters. The van der Waals surface area contributed by atoms with E-state index < -0.39 is 0 Å². The normalized spacial score (nSPS) is 23.6. The summed E-state index contributed by atoms with van der Waals surface area (Å²) < 4.78 is 0. The van der Waals surface area contributed by atoms with Gasteiger partial charge in [0.1, 0.15) is 0 Å². The van der Waals surface area contributed by atoms with Crippen molar-refractivity contribution in [2.75, 3.05) is 7.05 Å². The second-order valence-electron chi connectivity index (χ2n) is 4.57. The minimum Gasteiger partial charge on any atom is -0.335 e. The van der Waals surface area contributed by atoms with Crippen molar-refractivity contribution in [3.63, 3.8) is 0 Å². The molecule has 1 atom stereocenters. The lowest BCUT2D eigenvalue weighted by molar-refractivity contribution is 0.0746. The highest BCUT2D eigenvalue weighted by Crippen LogP contribution is 2.36. The van der Waals surface area contributed by atoms with E-state index in [2.05, 4.69) is 12.1 Å². The van der Waals surface area contributed by atoms with Crippen molar-refractivity contribution in [2.24, 2.45) is 0 Å². The van der Waals surface area contributed by atoms with E-state index in [1.807, 2.05) is 30.1 Å². The summed E-state index contributed by atoms with van der Waals surface area (Å²) in [5.41, 5.74) is 3.36. The van der Waals surface area contributed by atoms with Gasteiger partial charge in [0, 0.05) is 12.6 Å². The molecule has 0 bridgehead atoms. The average molecular weight is 213 g/mol. The summed E-state index contributed by atoms with van der Waals surface area (Å²) in [6.07, 6.45) is 5.73. The number of amides is 1. The van der Waals surface area contributed by atoms with Crippen molar-refractivity contribution in [1.82, 2.24) is 4.90 Å². The first-order valence-electron chi connectivity index (χ1n) is 5.85. The molecule has 16 heavy (non-hydrogen) atoms. The van der Waals surface area contributed by atoms with Gasteiger partial charge in [-0.1, -0.05) is 24.3 Å². The molecule has 0 aromatic heterocycles. The van der Waals surface area contributed by atoms with E-state index in [9.17, 15) is 4.79 Å². The number of nitrogens with zero attached hydrogens (tertiary/aromatic N) is 1. The van der Waals surface area contributed by atoms with Gasteiger partial charge in [-0.15, -0.1) is 0 Å². The number of likely N-dealkylation sites (N-methyl/N-ethyl adjacent to an activating group) is 1. The number of hydrogen-bond donors (Lipinski definition) is 0. The molecule has 0 spiro atoms. The number of hydrogen-bond acceptors (Lipinski definition) is 1. The molecule has 2 nitrogen and oxygen atoms in total. The molecule has 2 aliphatic rings. The summed E-state index contributed by atoms with van der Waals surface area (Å²) in [4.78, 5) is 14.1. The monoisotopic (exact) mass is 213 g/mol. The molecule has 1 aliphatic heterocycles. The lowest BCUT2D eigenvalue weighted by atomic mass is 9.82. The molecule has 3 rings (SSSR count). The summed E-state index contributed by atoms with van der Waals surface area (Å²) in [6, 6.07) is 8.26. The third-order valence-electron chi connectivity index (χ3n) is 3.66. The van der Waals surface area contributed by atoms with Gasteiger partial charge < -0.3 is 4.90 Å². The largest absolute Gasteiger partial charge is 0.335 e. The second-order valence-corrected chi connectivity index (χ2v) is 4.57. The first-order chi connectivity index (χ1) is 7.79. The zero-order valence-corrected chi connectivity index (χ0v) is 9.44. The van der Waals surface area contributed by atoms with E-state index in [-0.39, 0.29) is 5.91 Å². The molecule has 0 fully saturated rings. The molecule has 0 saturated carbocycles. The van der Waals surface area contributed by atoms with Crippen molar-refractivity contribution in [1.29, 1.82) is 0 Å². The van der Waals surface area contributed by atoms with Crippen LogP contribution in [0.15, 0.2) is 30.3 Å². The molecule has 0 saturated heterocycles. The van der Waals surface area contributed by atoms with Gasteiger partial charge in [0.15, 0.2) is 0 Å². The van der Waals surface area contributed by atoms with E-state index in [4.69, 9.17) is 0 Å². The highest BCUT2D eigenvalue weighted by molar-refractivity contribution is 6.03. The average Bonchev–Trinajstić information content (AvgIpc) is 2.36. The third-order valence-corrected chi connectivity index (χ3v) is 3.66. The Morgan fingerprint density at radius 2 is 2.00 bits per heavy atom. The number of fused-ring (bicyclic) bond motifs is 3. The quantitative estimate of drug-likeness (QED) is 0.649. The second kappa shape index (κ2) is 3.48. The van der Waals surface area contributed by atoms with E-state index in [1.165, 1.54) is 12.0 Å². The minimum absolute atomic E-state index is 0.166. The number of allylic oxidation sites excluding steroid dienone is 1. The Morgan fingerprint density at radius 1 is 1.25 bits per heavy atom. The third kappa shape index (κ3) is 1.22. The fourth-order valence-corrected chi connectivity index (χ4v) is 2.80. The van der Waals surface area contributed by atoms with Gasteiger partial charge in [0.2, 0.25) is 0 Å². The number of carbonyl (C=O) groups is 1. The molecular formula is C14H15NO. The van der Waals surface area contributed by atoms with Gasteiger partial charge in [0.05, 0.1) is 6.04 Å². The van der Waals surface area contributed by atoms with Crippen molar-refractivity contribution in [3.8, 4) is 0 Å². The first kappa shape index (κ1) is 9.64. The summed E-state index contributed by atoms with van der Waals surface area (Å²) >= 11 is 0. The van der Waals surface area contributed by atoms with Gasteiger partial charge in [-0.2, -0.15) is 0 Å². The van der Waals surface area contributed by atoms with Crippen molar-refractivity contribution in [3.05, 3.63) is 41.5 Å². The van der Waals surface area contributed by atoms with E-state index in [0.29, 0.717) is 6.04 Å². The predicted octanol–water partition coefficient (Wildman–Crippen LogP) is 2.71. The Labute approximate surface area is 95.6 Å². The van der Waals surface area contributed by atoms with Gasteiger partial charge in [-0.25, -0.2) is 0 Å². The van der Waals surface area contributed by atoms with Crippen LogP contribution in [0.3, 0.4) is 0 Å². The number of carbonyl (C=O) groups excluding carboxylic acids is 1. The SMILES string of the molecule is CN1C(=O)c2ccccc2C2=CCCC[C@H]21.